The highest BCUT2D eigenvalue weighted by Crippen LogP contribution is 2.44. The van der Waals surface area contributed by atoms with Crippen LogP contribution in [-0.4, -0.2) is 41.4 Å². The van der Waals surface area contributed by atoms with Crippen LogP contribution in [0.15, 0.2) is 437 Å². The van der Waals surface area contributed by atoms with E-state index in [4.69, 9.17) is 0 Å². The molecule has 0 aliphatic rings. The highest BCUT2D eigenvalue weighted by Gasteiger charge is 2.25. The Morgan fingerprint density at radius 3 is 0.746 bits per heavy atom. The van der Waals surface area contributed by atoms with E-state index in [1.54, 1.807) is 0 Å². The summed E-state index contributed by atoms with van der Waals surface area (Å²) in [7, 11) is -5.49. The molecule has 8 heteroatoms. The molecule has 4 nitrogen and oxygen atoms in total. The van der Waals surface area contributed by atoms with E-state index in [-0.39, 0.29) is 0 Å². The number of fused-ring (bicyclic) bond motifs is 8. The van der Waals surface area contributed by atoms with Gasteiger partial charge in [-0.25, -0.2) is 0 Å². The maximum atomic E-state index is 2.43. The van der Waals surface area contributed by atoms with Gasteiger partial charge < -0.3 is 18.9 Å². The molecule has 0 N–H and O–H groups in total. The van der Waals surface area contributed by atoms with Crippen LogP contribution in [0.5, 0.6) is 0 Å². The summed E-state index contributed by atoms with van der Waals surface area (Å²) in [6.45, 7) is 28.8. The van der Waals surface area contributed by atoms with E-state index in [0.717, 1.165) is 39.8 Å². The van der Waals surface area contributed by atoms with Crippen molar-refractivity contribution in [3.63, 3.8) is 0 Å². The number of aromatic nitrogens is 2. The predicted molar refractivity (Wildman–Crippen MR) is 576 cm³/mol. The summed E-state index contributed by atoms with van der Waals surface area (Å²) >= 11 is 0. The van der Waals surface area contributed by atoms with Crippen LogP contribution in [0.1, 0.15) is 0 Å². The molecule has 0 bridgehead atoms. The van der Waals surface area contributed by atoms with Gasteiger partial charge in [-0.05, 0) is 228 Å². The number of anilines is 6. The normalized spacial score (nSPS) is 12.0. The number of hydrogen-bond acceptors (Lipinski definition) is 2. The molecule has 0 saturated heterocycles. The summed E-state index contributed by atoms with van der Waals surface area (Å²) in [5.41, 5.74) is 30.9. The van der Waals surface area contributed by atoms with E-state index in [2.05, 4.69) is 534 Å². The first-order valence-corrected chi connectivity index (χ1v) is 59.7. The second-order valence-corrected chi connectivity index (χ2v) is 59.3. The molecule has 19 aromatic carbocycles. The van der Waals surface area contributed by atoms with Crippen molar-refractivity contribution in [2.45, 2.75) is 78.6 Å². The third-order valence-corrected chi connectivity index (χ3v) is 34.6. The number of nitrogens with zero attached hydrogens (tertiary/aromatic N) is 4. The van der Waals surface area contributed by atoms with Gasteiger partial charge in [0.2, 0.25) is 0 Å². The first-order chi connectivity index (χ1) is 62.9. The molecular weight excluding hydrogens is 1630 g/mol. The van der Waals surface area contributed by atoms with Crippen LogP contribution in [0.3, 0.4) is 0 Å². The molecule has 0 saturated carbocycles. The Balaban J connectivity index is 0.000000163. The number of rotatable bonds is 19. The Bertz CT molecular complexity index is 7500. The third kappa shape index (κ3) is 16.9. The maximum Gasteiger partial charge on any atom is 0.0775 e. The van der Waals surface area contributed by atoms with Crippen LogP contribution >= 0.6 is 0 Å². The lowest BCUT2D eigenvalue weighted by Crippen LogP contribution is -2.37. The van der Waals surface area contributed by atoms with Gasteiger partial charge in [-0.2, -0.15) is 0 Å². The van der Waals surface area contributed by atoms with Gasteiger partial charge in [0.1, 0.15) is 0 Å². The summed E-state index contributed by atoms with van der Waals surface area (Å²) in [5, 5.41) is 15.9. The van der Waals surface area contributed by atoms with Crippen LogP contribution in [0.2, 0.25) is 78.6 Å². The Hall–Kier alpha value is -14.2. The minimum Gasteiger partial charge on any atom is -0.311 e. The topological polar surface area (TPSA) is 16.3 Å². The van der Waals surface area contributed by atoms with Gasteiger partial charge in [-0.15, -0.1) is 0 Å². The quantitative estimate of drug-likeness (QED) is 0.0750. The molecule has 0 aliphatic carbocycles. The lowest BCUT2D eigenvalue weighted by molar-refractivity contribution is 1.18. The highest BCUT2D eigenvalue weighted by molar-refractivity contribution is 6.90. The SMILES string of the molecule is C[Si](C)(C)c1ccc(-c2ccc(N(c3ccc(-c4ccc([Si](C)(C)C)cc4)cc3)c3ccc(-c4ccc5c(c4)c4ccccc4n5-c4ccc(-c5ccc6ccccc6c5)cc4)cc3)cc2)cc1.C[Si](C)(C)c1ccc(-c2ccc(N(c3ccc(-c4ccc([Si](C)(C)C)cc4)cc3)c3ccc(-c4ccc5c(c4)c4ccccc4n5-c4cccc5ccccc45)cc3)cc2)cc1. The van der Waals surface area contributed by atoms with E-state index in [1.807, 2.05) is 0 Å². The zero-order valence-electron chi connectivity index (χ0n) is 76.4. The predicted octanol–water partition coefficient (Wildman–Crippen LogP) is 32.7. The lowest BCUT2D eigenvalue weighted by Gasteiger charge is -2.26. The van der Waals surface area contributed by atoms with Crippen LogP contribution < -0.4 is 30.5 Å². The van der Waals surface area contributed by atoms with Crippen molar-refractivity contribution >= 4 is 152 Å². The highest BCUT2D eigenvalue weighted by atomic mass is 28.3. The van der Waals surface area contributed by atoms with Crippen LogP contribution in [-0.2, 0) is 0 Å². The van der Waals surface area contributed by atoms with Gasteiger partial charge in [-0.1, -0.05) is 403 Å². The van der Waals surface area contributed by atoms with E-state index >= 15 is 0 Å². The molecule has 0 unspecified atom stereocenters. The Labute approximate surface area is 770 Å². The van der Waals surface area contributed by atoms with E-state index < -0.39 is 32.3 Å². The largest absolute Gasteiger partial charge is 0.311 e. The van der Waals surface area contributed by atoms with Crippen molar-refractivity contribution in [2.75, 3.05) is 9.80 Å². The fourth-order valence-corrected chi connectivity index (χ4v) is 23.4. The standard InChI is InChI=1S/C64H56N2Si2.C58H52N2Si2/c1-67(2,3)59-38-25-48(26-39-59)46-17-30-55(31-18-46)65(56-32-19-47(20-33-56)49-27-40-60(41-28-49)68(4,5)6)57-34-21-51(22-35-57)54-29-42-64-62(44-54)61-13-9-10-14-63(61)66(64)58-36-23-50(24-37-58)53-16-15-45-11-7-8-12-52(45)43-53;1-61(2,3)51-35-24-43(25-36-51)41-18-29-48(30-19-41)59(49-31-20-42(21-32-49)44-26-37-52(38-27-44)62(4,5)6)50-33-22-45(23-34-50)47-28-39-58-55(40-47)54-15-9-10-16-57(54)60(58)56-17-11-13-46-12-7-8-14-53(46)56/h7-44H,1-6H3;7-40H,1-6H3. The van der Waals surface area contributed by atoms with Crippen molar-refractivity contribution in [3.8, 4) is 89.3 Å². The summed E-state index contributed by atoms with van der Waals surface area (Å²) in [4.78, 5) is 4.75. The summed E-state index contributed by atoms with van der Waals surface area (Å²) < 4.78 is 4.83. The average molecular weight is 1740 g/mol. The van der Waals surface area contributed by atoms with E-state index in [0.29, 0.717) is 0 Å². The molecule has 21 rings (SSSR count). The Morgan fingerprint density at radius 2 is 0.400 bits per heavy atom. The molecule has 0 amide bonds. The minimum atomic E-state index is -1.38. The fourth-order valence-electron chi connectivity index (χ4n) is 18.8. The number of para-hydroxylation sites is 2. The second kappa shape index (κ2) is 34.4. The van der Waals surface area contributed by atoms with Crippen LogP contribution in [0.25, 0.3) is 154 Å². The first-order valence-electron chi connectivity index (χ1n) is 45.7. The van der Waals surface area contributed by atoms with Crippen LogP contribution in [0.4, 0.5) is 34.1 Å². The van der Waals surface area contributed by atoms with E-state index in [9.17, 15) is 0 Å². The number of benzene rings is 19. The van der Waals surface area contributed by atoms with Gasteiger partial charge >= 0.3 is 0 Å². The summed E-state index contributed by atoms with van der Waals surface area (Å²) in [6.07, 6.45) is 0. The van der Waals surface area contributed by atoms with Crippen molar-refractivity contribution < 1.29 is 0 Å². The van der Waals surface area contributed by atoms with Gasteiger partial charge in [-0.3, -0.25) is 0 Å². The van der Waals surface area contributed by atoms with Crippen molar-refractivity contribution in [3.05, 3.63) is 437 Å². The third-order valence-electron chi connectivity index (χ3n) is 26.3. The maximum absolute atomic E-state index is 2.43. The monoisotopic (exact) mass is 1740 g/mol. The zero-order chi connectivity index (χ0) is 89.2. The van der Waals surface area contributed by atoms with Gasteiger partial charge in [0.05, 0.1) is 60.0 Å². The molecule has 632 valence electrons. The molecule has 0 aliphatic heterocycles. The molecule has 0 radical (unpaired) electrons. The number of hydrogen-bond donors (Lipinski definition) is 0. The van der Waals surface area contributed by atoms with Gasteiger partial charge in [0, 0.05) is 66.7 Å². The lowest BCUT2D eigenvalue weighted by atomic mass is 10.0. The Kier molecular flexibility index (Phi) is 22.2. The molecule has 130 heavy (non-hydrogen) atoms. The van der Waals surface area contributed by atoms with Gasteiger partial charge in [0.15, 0.2) is 0 Å². The second-order valence-electron chi connectivity index (χ2n) is 39.0. The summed E-state index contributed by atoms with van der Waals surface area (Å²) in [6, 6.07) is 162. The molecular formula is C122H108N4Si4. The van der Waals surface area contributed by atoms with Crippen molar-refractivity contribution in [1.82, 2.24) is 9.13 Å². The van der Waals surface area contributed by atoms with Crippen molar-refractivity contribution in [2.24, 2.45) is 0 Å². The smallest absolute Gasteiger partial charge is 0.0775 e. The molecule has 0 fully saturated rings. The Morgan fingerprint density at radius 1 is 0.162 bits per heavy atom. The van der Waals surface area contributed by atoms with Crippen LogP contribution in [0, 0.1) is 0 Å². The van der Waals surface area contributed by atoms with E-state index in [1.165, 1.54) is 169 Å². The average Bonchev–Trinajstić information content (AvgIpc) is 1.60. The molecule has 0 atom stereocenters. The minimum absolute atomic E-state index is 1.11. The van der Waals surface area contributed by atoms with Gasteiger partial charge in [0.25, 0.3) is 0 Å². The summed E-state index contributed by atoms with van der Waals surface area (Å²) in [5.74, 6) is 0. The molecule has 21 aromatic rings. The molecule has 0 spiro atoms. The first kappa shape index (κ1) is 84.0. The fraction of sp³-hybridized carbons (Fsp3) is 0.0984. The zero-order valence-corrected chi connectivity index (χ0v) is 80.4. The molecule has 2 heterocycles. The molecule has 2 aromatic heterocycles. The van der Waals surface area contributed by atoms with Crippen molar-refractivity contribution in [1.29, 1.82) is 0 Å².